The molecule has 2 aliphatic heterocycles. The number of carbonyl (C=O) groups is 2. The molecular formula is C25H34N4O5. The van der Waals surface area contributed by atoms with Crippen molar-refractivity contribution in [1.29, 1.82) is 0 Å². The number of ether oxygens (including phenoxy) is 1. The third-order valence-corrected chi connectivity index (χ3v) is 6.69. The van der Waals surface area contributed by atoms with Crippen molar-refractivity contribution in [2.24, 2.45) is 0 Å². The van der Waals surface area contributed by atoms with Gasteiger partial charge in [-0.2, -0.15) is 0 Å². The van der Waals surface area contributed by atoms with Crippen LogP contribution in [-0.4, -0.2) is 78.6 Å². The van der Waals surface area contributed by atoms with Crippen LogP contribution in [-0.2, 0) is 16.1 Å². The Morgan fingerprint density at radius 2 is 1.85 bits per heavy atom. The molecule has 9 heteroatoms. The molecule has 2 saturated heterocycles. The Kier molecular flexibility index (Phi) is 7.84. The van der Waals surface area contributed by atoms with Gasteiger partial charge < -0.3 is 14.1 Å². The molecule has 0 saturated carbocycles. The van der Waals surface area contributed by atoms with Gasteiger partial charge in [-0.3, -0.25) is 19.9 Å². The minimum atomic E-state index is -0.550. The van der Waals surface area contributed by atoms with E-state index in [1.54, 1.807) is 19.1 Å². The molecule has 2 aliphatic rings. The minimum absolute atomic E-state index is 0.236. The SMILES string of the molecule is CCOC(=O)Nc1ccc2c(CN3CCN(CC(=O)N4CCCCC4C)CC3)cc(=O)oc2c1. The molecule has 1 atom stereocenters. The summed E-state index contributed by atoms with van der Waals surface area (Å²) in [5.74, 6) is 0.236. The predicted molar refractivity (Wildman–Crippen MR) is 130 cm³/mol. The summed E-state index contributed by atoms with van der Waals surface area (Å²) in [4.78, 5) is 43.2. The zero-order chi connectivity index (χ0) is 24.1. The van der Waals surface area contributed by atoms with E-state index in [0.29, 0.717) is 30.4 Å². The fourth-order valence-corrected chi connectivity index (χ4v) is 4.82. The van der Waals surface area contributed by atoms with Gasteiger partial charge in [0.1, 0.15) is 5.58 Å². The molecular weight excluding hydrogens is 436 g/mol. The fraction of sp³-hybridized carbons (Fsp3) is 0.560. The molecule has 2 amide bonds. The van der Waals surface area contributed by atoms with Crippen LogP contribution < -0.4 is 10.9 Å². The number of nitrogens with one attached hydrogen (secondary N) is 1. The number of rotatable bonds is 6. The fourth-order valence-electron chi connectivity index (χ4n) is 4.82. The van der Waals surface area contributed by atoms with Gasteiger partial charge in [-0.25, -0.2) is 9.59 Å². The molecule has 0 radical (unpaired) electrons. The largest absolute Gasteiger partial charge is 0.450 e. The summed E-state index contributed by atoms with van der Waals surface area (Å²) in [6.45, 7) is 9.42. The van der Waals surface area contributed by atoms with Gasteiger partial charge in [-0.05, 0) is 50.8 Å². The third-order valence-electron chi connectivity index (χ3n) is 6.69. The van der Waals surface area contributed by atoms with Gasteiger partial charge in [0, 0.05) is 68.5 Å². The van der Waals surface area contributed by atoms with E-state index in [1.807, 2.05) is 11.0 Å². The van der Waals surface area contributed by atoms with Gasteiger partial charge in [-0.15, -0.1) is 0 Å². The lowest BCUT2D eigenvalue weighted by Crippen LogP contribution is -2.51. The number of fused-ring (bicyclic) bond motifs is 1. The van der Waals surface area contributed by atoms with Crippen molar-refractivity contribution in [2.45, 2.75) is 45.7 Å². The molecule has 0 bridgehead atoms. The first-order valence-electron chi connectivity index (χ1n) is 12.2. The lowest BCUT2D eigenvalue weighted by molar-refractivity contribution is -0.136. The molecule has 4 rings (SSSR count). The maximum absolute atomic E-state index is 12.8. The zero-order valence-electron chi connectivity index (χ0n) is 20.0. The molecule has 184 valence electrons. The predicted octanol–water partition coefficient (Wildman–Crippen LogP) is 2.88. The van der Waals surface area contributed by atoms with Crippen LogP contribution in [0.3, 0.4) is 0 Å². The maximum atomic E-state index is 12.8. The number of piperidine rings is 1. The van der Waals surface area contributed by atoms with Crippen LogP contribution in [0.15, 0.2) is 33.5 Å². The van der Waals surface area contributed by atoms with Crippen molar-refractivity contribution in [1.82, 2.24) is 14.7 Å². The maximum Gasteiger partial charge on any atom is 0.411 e. The molecule has 34 heavy (non-hydrogen) atoms. The first-order valence-corrected chi connectivity index (χ1v) is 12.2. The summed E-state index contributed by atoms with van der Waals surface area (Å²) in [5, 5.41) is 3.47. The summed E-state index contributed by atoms with van der Waals surface area (Å²) in [5.41, 5.74) is 1.40. The summed E-state index contributed by atoms with van der Waals surface area (Å²) in [7, 11) is 0. The molecule has 9 nitrogen and oxygen atoms in total. The smallest absolute Gasteiger partial charge is 0.411 e. The molecule has 1 unspecified atom stereocenters. The average Bonchev–Trinajstić information content (AvgIpc) is 2.80. The summed E-state index contributed by atoms with van der Waals surface area (Å²) < 4.78 is 10.3. The number of hydrogen-bond acceptors (Lipinski definition) is 7. The lowest BCUT2D eigenvalue weighted by atomic mass is 10.0. The highest BCUT2D eigenvalue weighted by atomic mass is 16.5. The van der Waals surface area contributed by atoms with Crippen LogP contribution in [0.25, 0.3) is 11.0 Å². The second-order valence-electron chi connectivity index (χ2n) is 9.13. The van der Waals surface area contributed by atoms with E-state index in [0.717, 1.165) is 56.5 Å². The van der Waals surface area contributed by atoms with Gasteiger partial charge in [-0.1, -0.05) is 0 Å². The van der Waals surface area contributed by atoms with Crippen molar-refractivity contribution in [3.05, 3.63) is 40.2 Å². The number of piperazine rings is 1. The average molecular weight is 471 g/mol. The van der Waals surface area contributed by atoms with E-state index in [2.05, 4.69) is 22.0 Å². The number of anilines is 1. The molecule has 2 aromatic rings. The number of benzene rings is 1. The number of carbonyl (C=O) groups excluding carboxylic acids is 2. The second kappa shape index (κ2) is 11.0. The quantitative estimate of drug-likeness (QED) is 0.649. The van der Waals surface area contributed by atoms with Crippen LogP contribution in [0.2, 0.25) is 0 Å². The Bertz CT molecular complexity index is 1080. The van der Waals surface area contributed by atoms with Gasteiger partial charge in [0.25, 0.3) is 0 Å². The minimum Gasteiger partial charge on any atom is -0.450 e. The summed E-state index contributed by atoms with van der Waals surface area (Å²) >= 11 is 0. The van der Waals surface area contributed by atoms with Gasteiger partial charge >= 0.3 is 11.7 Å². The van der Waals surface area contributed by atoms with Gasteiger partial charge in [0.2, 0.25) is 5.91 Å². The number of nitrogens with zero attached hydrogens (tertiary/aromatic N) is 3. The van der Waals surface area contributed by atoms with E-state index in [4.69, 9.17) is 9.15 Å². The number of likely N-dealkylation sites (tertiary alicyclic amines) is 1. The van der Waals surface area contributed by atoms with Crippen molar-refractivity contribution in [3.63, 3.8) is 0 Å². The highest BCUT2D eigenvalue weighted by Crippen LogP contribution is 2.23. The van der Waals surface area contributed by atoms with Crippen LogP contribution in [0, 0.1) is 0 Å². The standard InChI is InChI=1S/C25H34N4O5/c1-3-33-25(32)26-20-7-8-21-19(14-24(31)34-22(21)15-20)16-27-10-12-28(13-11-27)17-23(30)29-9-5-4-6-18(29)2/h7-8,14-15,18H,3-6,9-13,16-17H2,1-2H3,(H,26,32). The normalized spacial score (nSPS) is 19.8. The molecule has 1 aromatic heterocycles. The van der Waals surface area contributed by atoms with Crippen molar-refractivity contribution < 1.29 is 18.7 Å². The van der Waals surface area contributed by atoms with E-state index < -0.39 is 11.7 Å². The van der Waals surface area contributed by atoms with Crippen LogP contribution >= 0.6 is 0 Å². The Morgan fingerprint density at radius 1 is 1.09 bits per heavy atom. The number of amides is 2. The molecule has 1 aromatic carbocycles. The molecule has 1 N–H and O–H groups in total. The first kappa shape index (κ1) is 24.2. The molecule has 3 heterocycles. The monoisotopic (exact) mass is 470 g/mol. The Hall–Kier alpha value is -2.91. The molecule has 0 spiro atoms. The third kappa shape index (κ3) is 5.95. The van der Waals surface area contributed by atoms with Crippen LogP contribution in [0.4, 0.5) is 10.5 Å². The van der Waals surface area contributed by atoms with Gasteiger partial charge in [0.15, 0.2) is 0 Å². The van der Waals surface area contributed by atoms with Crippen LogP contribution in [0.1, 0.15) is 38.7 Å². The topological polar surface area (TPSA) is 95.3 Å². The highest BCUT2D eigenvalue weighted by molar-refractivity contribution is 5.90. The van der Waals surface area contributed by atoms with E-state index in [1.165, 1.54) is 12.5 Å². The number of hydrogen-bond donors (Lipinski definition) is 1. The van der Waals surface area contributed by atoms with Crippen LogP contribution in [0.5, 0.6) is 0 Å². The van der Waals surface area contributed by atoms with Gasteiger partial charge in [0.05, 0.1) is 13.2 Å². The second-order valence-corrected chi connectivity index (χ2v) is 9.13. The van der Waals surface area contributed by atoms with E-state index in [9.17, 15) is 14.4 Å². The molecule has 2 fully saturated rings. The Balaban J connectivity index is 1.36. The van der Waals surface area contributed by atoms with E-state index in [-0.39, 0.29) is 12.5 Å². The summed E-state index contributed by atoms with van der Waals surface area (Å²) in [6.07, 6.45) is 2.85. The van der Waals surface area contributed by atoms with Crippen molar-refractivity contribution >= 4 is 28.7 Å². The Labute approximate surface area is 199 Å². The van der Waals surface area contributed by atoms with Crippen molar-refractivity contribution in [2.75, 3.05) is 51.2 Å². The zero-order valence-corrected chi connectivity index (χ0v) is 20.0. The highest BCUT2D eigenvalue weighted by Gasteiger charge is 2.26. The summed E-state index contributed by atoms with van der Waals surface area (Å²) in [6, 6.07) is 7.14. The van der Waals surface area contributed by atoms with Crippen molar-refractivity contribution in [3.8, 4) is 0 Å². The first-order chi connectivity index (χ1) is 16.4. The Morgan fingerprint density at radius 3 is 2.59 bits per heavy atom. The lowest BCUT2D eigenvalue weighted by Gasteiger charge is -2.38. The van der Waals surface area contributed by atoms with E-state index >= 15 is 0 Å². The molecule has 0 aliphatic carbocycles.